The summed E-state index contributed by atoms with van der Waals surface area (Å²) in [7, 11) is 0. The number of aromatic amines is 1. The average Bonchev–Trinajstić information content (AvgIpc) is 2.88. The molecule has 0 aliphatic carbocycles. The van der Waals surface area contributed by atoms with E-state index >= 15 is 0 Å². The van der Waals surface area contributed by atoms with E-state index in [1.54, 1.807) is 12.1 Å². The smallest absolute Gasteiger partial charge is 0.270 e. The van der Waals surface area contributed by atoms with Gasteiger partial charge in [-0.1, -0.05) is 108 Å². The summed E-state index contributed by atoms with van der Waals surface area (Å²) in [5, 5.41) is 13.5. The number of nitrogens with one attached hydrogen (secondary N) is 1. The van der Waals surface area contributed by atoms with Gasteiger partial charge in [-0.05, 0) is 22.2 Å². The van der Waals surface area contributed by atoms with E-state index in [0.717, 1.165) is 16.7 Å². The minimum absolute atomic E-state index is 0.0179. The van der Waals surface area contributed by atoms with Crippen LogP contribution in [0.25, 0.3) is 33.9 Å². The van der Waals surface area contributed by atoms with Crippen molar-refractivity contribution >= 4 is 29.6 Å². The Morgan fingerprint density at radius 2 is 1.68 bits per heavy atom. The number of nitrogens with zero attached hydrogens (tertiary/aromatic N) is 5. The topological polar surface area (TPSA) is 118 Å². The maximum atomic E-state index is 12.5. The summed E-state index contributed by atoms with van der Waals surface area (Å²) in [6.07, 6.45) is 4.03. The highest BCUT2D eigenvalue weighted by Crippen LogP contribution is 2.25. The van der Waals surface area contributed by atoms with Crippen LogP contribution in [-0.4, -0.2) is 9.97 Å². The van der Waals surface area contributed by atoms with Gasteiger partial charge in [-0.25, -0.2) is 4.98 Å². The molecule has 0 unspecified atom stereocenters. The van der Waals surface area contributed by atoms with Gasteiger partial charge in [-0.2, -0.15) is 5.26 Å². The number of rotatable bonds is 7. The van der Waals surface area contributed by atoms with Crippen LogP contribution in [-0.2, 0) is 5.75 Å². The van der Waals surface area contributed by atoms with Crippen molar-refractivity contribution in [1.82, 2.24) is 9.97 Å². The zero-order valence-corrected chi connectivity index (χ0v) is 18.7. The number of nitriles is 1. The number of aromatic nitrogens is 2. The molecule has 3 aromatic carbocycles. The standard InChI is InChI=1S/C26H18N6OS/c27-16-23-24(21-12-8-19(9-13-21)7-6-18-4-2-1-3-5-18)29-26(30-25(23)33)34-17-20-10-14-22(15-11-20)31-32-28/h1-15H,17H2,(H,29,30,33)/b7-6+. The van der Waals surface area contributed by atoms with Crippen molar-refractivity contribution in [1.29, 1.82) is 5.26 Å². The normalized spacial score (nSPS) is 10.6. The van der Waals surface area contributed by atoms with Crippen LogP contribution >= 0.6 is 11.8 Å². The van der Waals surface area contributed by atoms with Gasteiger partial charge in [0.25, 0.3) is 5.56 Å². The van der Waals surface area contributed by atoms with Crippen molar-refractivity contribution in [3.8, 4) is 17.3 Å². The highest BCUT2D eigenvalue weighted by Gasteiger charge is 2.14. The Labute approximate surface area is 200 Å². The Kier molecular flexibility index (Phi) is 7.21. The third kappa shape index (κ3) is 5.61. The van der Waals surface area contributed by atoms with Crippen molar-refractivity contribution in [2.75, 3.05) is 0 Å². The Morgan fingerprint density at radius 1 is 1.00 bits per heavy atom. The molecule has 0 aliphatic heterocycles. The van der Waals surface area contributed by atoms with E-state index in [1.165, 1.54) is 11.8 Å². The van der Waals surface area contributed by atoms with Gasteiger partial charge < -0.3 is 4.98 Å². The first-order valence-electron chi connectivity index (χ1n) is 10.3. The molecule has 34 heavy (non-hydrogen) atoms. The highest BCUT2D eigenvalue weighted by atomic mass is 32.2. The van der Waals surface area contributed by atoms with E-state index < -0.39 is 5.56 Å². The Balaban J connectivity index is 1.55. The van der Waals surface area contributed by atoms with Crippen molar-refractivity contribution in [3.63, 3.8) is 0 Å². The molecule has 0 saturated heterocycles. The molecule has 4 aromatic rings. The highest BCUT2D eigenvalue weighted by molar-refractivity contribution is 7.98. The van der Waals surface area contributed by atoms with Crippen LogP contribution in [0.4, 0.5) is 5.69 Å². The van der Waals surface area contributed by atoms with E-state index in [-0.39, 0.29) is 5.56 Å². The summed E-state index contributed by atoms with van der Waals surface area (Å²) in [5.74, 6) is 0.550. The molecule has 0 atom stereocenters. The molecule has 0 aliphatic rings. The lowest BCUT2D eigenvalue weighted by Crippen LogP contribution is -2.14. The second kappa shape index (κ2) is 10.8. The van der Waals surface area contributed by atoms with Crippen molar-refractivity contribution < 1.29 is 0 Å². The molecule has 164 valence electrons. The van der Waals surface area contributed by atoms with Crippen molar-refractivity contribution in [2.24, 2.45) is 5.11 Å². The summed E-state index contributed by atoms with van der Waals surface area (Å²) < 4.78 is 0. The predicted octanol–water partition coefficient (Wildman–Crippen LogP) is 6.71. The van der Waals surface area contributed by atoms with Gasteiger partial charge in [0.2, 0.25) is 0 Å². The molecule has 8 heteroatoms. The van der Waals surface area contributed by atoms with E-state index in [0.29, 0.717) is 27.9 Å². The molecular formula is C26H18N6OS. The monoisotopic (exact) mass is 462 g/mol. The third-order valence-electron chi connectivity index (χ3n) is 4.93. The van der Waals surface area contributed by atoms with Gasteiger partial charge in [0, 0.05) is 21.9 Å². The van der Waals surface area contributed by atoms with Crippen LogP contribution in [0.1, 0.15) is 22.3 Å². The van der Waals surface area contributed by atoms with Gasteiger partial charge in [0.05, 0.1) is 5.69 Å². The van der Waals surface area contributed by atoms with Crippen molar-refractivity contribution in [2.45, 2.75) is 10.9 Å². The van der Waals surface area contributed by atoms with Crippen LogP contribution in [0.2, 0.25) is 0 Å². The largest absolute Gasteiger partial charge is 0.300 e. The zero-order valence-electron chi connectivity index (χ0n) is 17.9. The molecule has 0 spiro atoms. The number of hydrogen-bond acceptors (Lipinski definition) is 5. The fourth-order valence-corrected chi connectivity index (χ4v) is 4.02. The molecular weight excluding hydrogens is 444 g/mol. The summed E-state index contributed by atoms with van der Waals surface area (Å²) in [6.45, 7) is 0. The summed E-state index contributed by atoms with van der Waals surface area (Å²) in [5.41, 5.74) is 12.7. The summed E-state index contributed by atoms with van der Waals surface area (Å²) in [6, 6.07) is 26.7. The van der Waals surface area contributed by atoms with E-state index in [2.05, 4.69) is 20.0 Å². The first-order chi connectivity index (χ1) is 16.7. The lowest BCUT2D eigenvalue weighted by molar-refractivity contribution is 0.934. The molecule has 1 heterocycles. The second-order valence-corrected chi connectivity index (χ2v) is 8.18. The summed E-state index contributed by atoms with van der Waals surface area (Å²) in [4.78, 5) is 22.5. The molecule has 0 fully saturated rings. The van der Waals surface area contributed by atoms with Crippen LogP contribution < -0.4 is 5.56 Å². The predicted molar refractivity (Wildman–Crippen MR) is 135 cm³/mol. The molecule has 1 N–H and O–H groups in total. The maximum Gasteiger partial charge on any atom is 0.270 e. The number of azide groups is 1. The fraction of sp³-hybridized carbons (Fsp3) is 0.0385. The lowest BCUT2D eigenvalue weighted by Gasteiger charge is -2.07. The second-order valence-electron chi connectivity index (χ2n) is 7.22. The lowest BCUT2D eigenvalue weighted by atomic mass is 10.0. The van der Waals surface area contributed by atoms with Crippen LogP contribution in [0.15, 0.2) is 93.9 Å². The average molecular weight is 463 g/mol. The van der Waals surface area contributed by atoms with Crippen LogP contribution in [0.3, 0.4) is 0 Å². The van der Waals surface area contributed by atoms with E-state index in [1.807, 2.05) is 85.0 Å². The number of hydrogen-bond donors (Lipinski definition) is 1. The Hall–Kier alpha value is -4.57. The number of benzene rings is 3. The Bertz CT molecular complexity index is 1460. The third-order valence-corrected chi connectivity index (χ3v) is 5.88. The minimum atomic E-state index is -0.471. The van der Waals surface area contributed by atoms with Gasteiger partial charge in [0.1, 0.15) is 11.6 Å². The first-order valence-corrected chi connectivity index (χ1v) is 11.3. The SMILES string of the molecule is N#Cc1c(-c2ccc(/C=C/c3ccccc3)cc2)nc(SCc2ccc(N=[N+]=[N-])cc2)[nH]c1=O. The molecule has 0 bridgehead atoms. The quantitative estimate of drug-likeness (QED) is 0.0819. The van der Waals surface area contributed by atoms with Crippen molar-refractivity contribution in [3.05, 3.63) is 122 Å². The maximum absolute atomic E-state index is 12.5. The first kappa shape index (κ1) is 22.6. The number of thioether (sulfide) groups is 1. The van der Waals surface area contributed by atoms with Gasteiger partial charge in [0.15, 0.2) is 5.16 Å². The van der Waals surface area contributed by atoms with Gasteiger partial charge >= 0.3 is 0 Å². The fourth-order valence-electron chi connectivity index (χ4n) is 3.20. The molecule has 7 nitrogen and oxygen atoms in total. The van der Waals surface area contributed by atoms with Crippen LogP contribution in [0.5, 0.6) is 0 Å². The molecule has 0 saturated carbocycles. The van der Waals surface area contributed by atoms with Crippen LogP contribution in [0, 0.1) is 11.3 Å². The zero-order chi connectivity index (χ0) is 23.8. The molecule has 0 radical (unpaired) electrons. The molecule has 0 amide bonds. The minimum Gasteiger partial charge on any atom is -0.300 e. The van der Waals surface area contributed by atoms with Gasteiger partial charge in [-0.3, -0.25) is 4.79 Å². The van der Waals surface area contributed by atoms with Gasteiger partial charge in [-0.15, -0.1) is 0 Å². The Morgan fingerprint density at radius 3 is 2.32 bits per heavy atom. The number of H-pyrrole nitrogens is 1. The van der Waals surface area contributed by atoms with E-state index in [9.17, 15) is 10.1 Å². The summed E-state index contributed by atoms with van der Waals surface area (Å²) >= 11 is 1.35. The molecule has 1 aromatic heterocycles. The molecule has 4 rings (SSSR count). The van der Waals surface area contributed by atoms with E-state index in [4.69, 9.17) is 5.53 Å².